The largest absolute Gasteiger partial charge is 0.495 e. The van der Waals surface area contributed by atoms with Crippen LogP contribution < -0.4 is 20.5 Å². The van der Waals surface area contributed by atoms with E-state index in [0.717, 1.165) is 21.6 Å². The number of benzene rings is 2. The lowest BCUT2D eigenvalue weighted by Gasteiger charge is -2.16. The lowest BCUT2D eigenvalue weighted by Crippen LogP contribution is -2.08. The molecule has 0 amide bonds. The molecule has 2 aromatic carbocycles. The Morgan fingerprint density at radius 2 is 1.90 bits per heavy atom. The predicted octanol–water partition coefficient (Wildman–Crippen LogP) is 4.57. The number of nitrogen functional groups attached to an aromatic ring is 1. The molecule has 112 valence electrons. The maximum atomic E-state index is 6.15. The van der Waals surface area contributed by atoms with Crippen molar-refractivity contribution in [2.75, 3.05) is 18.2 Å². The second-order valence-corrected chi connectivity index (χ2v) is 5.71. The molecule has 0 bridgehead atoms. The second kappa shape index (κ2) is 6.72. The molecule has 4 nitrogen and oxygen atoms in total. The molecule has 0 fully saturated rings. The fourth-order valence-corrected chi connectivity index (χ4v) is 2.31. The number of ether oxygens (including phenoxy) is 2. The highest BCUT2D eigenvalue weighted by molar-refractivity contribution is 9.10. The minimum absolute atomic E-state index is 0.0790. The monoisotopic (exact) mass is 350 g/mol. The lowest BCUT2D eigenvalue weighted by atomic mass is 10.2. The van der Waals surface area contributed by atoms with E-state index in [-0.39, 0.29) is 6.10 Å². The summed E-state index contributed by atoms with van der Waals surface area (Å²) in [5, 5.41) is 3.28. The second-order valence-electron chi connectivity index (χ2n) is 4.86. The normalized spacial score (nSPS) is 10.5. The number of methoxy groups -OCH3 is 1. The van der Waals surface area contributed by atoms with E-state index in [1.165, 1.54) is 0 Å². The van der Waals surface area contributed by atoms with Crippen molar-refractivity contribution in [3.8, 4) is 11.5 Å². The van der Waals surface area contributed by atoms with Gasteiger partial charge in [0.05, 0.1) is 29.1 Å². The van der Waals surface area contributed by atoms with E-state index in [2.05, 4.69) is 21.2 Å². The number of halogens is 1. The summed E-state index contributed by atoms with van der Waals surface area (Å²) in [6.45, 7) is 3.94. The average Bonchev–Trinajstić information content (AvgIpc) is 2.44. The first-order valence-corrected chi connectivity index (χ1v) is 7.46. The summed E-state index contributed by atoms with van der Waals surface area (Å²) in [5.41, 5.74) is 8.44. The maximum absolute atomic E-state index is 6.15. The van der Waals surface area contributed by atoms with E-state index in [0.29, 0.717) is 11.4 Å². The number of anilines is 3. The first-order chi connectivity index (χ1) is 10.0. The van der Waals surface area contributed by atoms with Crippen molar-refractivity contribution in [2.24, 2.45) is 0 Å². The summed E-state index contributed by atoms with van der Waals surface area (Å²) in [4.78, 5) is 0. The summed E-state index contributed by atoms with van der Waals surface area (Å²) in [6, 6.07) is 11.5. The Bertz CT molecular complexity index is 630. The molecule has 0 aliphatic rings. The Hall–Kier alpha value is -1.88. The summed E-state index contributed by atoms with van der Waals surface area (Å²) < 4.78 is 11.9. The van der Waals surface area contributed by atoms with Gasteiger partial charge in [-0.1, -0.05) is 6.07 Å². The van der Waals surface area contributed by atoms with E-state index in [1.807, 2.05) is 50.2 Å². The fourth-order valence-electron chi connectivity index (χ4n) is 1.90. The summed E-state index contributed by atoms with van der Waals surface area (Å²) in [7, 11) is 1.63. The maximum Gasteiger partial charge on any atom is 0.144 e. The molecule has 0 aromatic heterocycles. The zero-order chi connectivity index (χ0) is 15.4. The molecule has 2 aromatic rings. The Labute approximate surface area is 133 Å². The van der Waals surface area contributed by atoms with Gasteiger partial charge in [0.25, 0.3) is 0 Å². The van der Waals surface area contributed by atoms with Crippen molar-refractivity contribution in [2.45, 2.75) is 20.0 Å². The first-order valence-electron chi connectivity index (χ1n) is 6.67. The van der Waals surface area contributed by atoms with E-state index < -0.39 is 0 Å². The van der Waals surface area contributed by atoms with Gasteiger partial charge < -0.3 is 20.5 Å². The van der Waals surface area contributed by atoms with Crippen LogP contribution in [0.1, 0.15) is 13.8 Å². The molecule has 0 saturated carbocycles. The quantitative estimate of drug-likeness (QED) is 0.775. The molecule has 5 heteroatoms. The Kier molecular flexibility index (Phi) is 4.96. The van der Waals surface area contributed by atoms with E-state index in [4.69, 9.17) is 15.2 Å². The van der Waals surface area contributed by atoms with E-state index >= 15 is 0 Å². The standard InChI is InChI=1S/C16H19BrN2O2/c1-10(2)21-14-6-4-5-13(16(14)18)19-11-7-8-12(17)15(9-11)20-3/h4-10,19H,18H2,1-3H3. The van der Waals surface area contributed by atoms with Gasteiger partial charge in [-0.15, -0.1) is 0 Å². The number of hydrogen-bond acceptors (Lipinski definition) is 4. The molecule has 0 aliphatic carbocycles. The van der Waals surface area contributed by atoms with Gasteiger partial charge in [0.2, 0.25) is 0 Å². The summed E-state index contributed by atoms with van der Waals surface area (Å²) in [6.07, 6.45) is 0.0790. The van der Waals surface area contributed by atoms with Crippen molar-refractivity contribution in [3.05, 3.63) is 40.9 Å². The van der Waals surface area contributed by atoms with Crippen LogP contribution in [0.15, 0.2) is 40.9 Å². The zero-order valence-electron chi connectivity index (χ0n) is 12.3. The average molecular weight is 351 g/mol. The third-order valence-electron chi connectivity index (χ3n) is 2.86. The minimum atomic E-state index is 0.0790. The van der Waals surface area contributed by atoms with Crippen molar-refractivity contribution in [1.29, 1.82) is 0 Å². The van der Waals surface area contributed by atoms with Gasteiger partial charge in [-0.3, -0.25) is 0 Å². The highest BCUT2D eigenvalue weighted by Crippen LogP contribution is 2.34. The molecule has 3 N–H and O–H groups in total. The Morgan fingerprint density at radius 3 is 2.57 bits per heavy atom. The van der Waals surface area contributed by atoms with Gasteiger partial charge in [-0.05, 0) is 54.0 Å². The molecule has 0 heterocycles. The third kappa shape index (κ3) is 3.82. The molecule has 0 spiro atoms. The minimum Gasteiger partial charge on any atom is -0.495 e. The molecule has 0 unspecified atom stereocenters. The van der Waals surface area contributed by atoms with Gasteiger partial charge in [0.15, 0.2) is 0 Å². The van der Waals surface area contributed by atoms with Crippen LogP contribution in [-0.4, -0.2) is 13.2 Å². The number of hydrogen-bond donors (Lipinski definition) is 2. The van der Waals surface area contributed by atoms with Crippen molar-refractivity contribution in [1.82, 2.24) is 0 Å². The van der Waals surface area contributed by atoms with Crippen LogP contribution in [0.25, 0.3) is 0 Å². The van der Waals surface area contributed by atoms with Crippen LogP contribution in [0.2, 0.25) is 0 Å². The first kappa shape index (κ1) is 15.5. The van der Waals surface area contributed by atoms with E-state index in [1.54, 1.807) is 7.11 Å². The van der Waals surface area contributed by atoms with Crippen LogP contribution >= 0.6 is 15.9 Å². The highest BCUT2D eigenvalue weighted by Gasteiger charge is 2.09. The number of nitrogens with one attached hydrogen (secondary N) is 1. The van der Waals surface area contributed by atoms with Crippen LogP contribution in [0.5, 0.6) is 11.5 Å². The molecule has 0 radical (unpaired) electrons. The molecular formula is C16H19BrN2O2. The predicted molar refractivity (Wildman–Crippen MR) is 90.6 cm³/mol. The Morgan fingerprint density at radius 1 is 1.14 bits per heavy atom. The van der Waals surface area contributed by atoms with Crippen LogP contribution in [0, 0.1) is 0 Å². The van der Waals surface area contributed by atoms with Gasteiger partial charge in [0, 0.05) is 11.8 Å². The molecule has 21 heavy (non-hydrogen) atoms. The van der Waals surface area contributed by atoms with Crippen molar-refractivity contribution in [3.63, 3.8) is 0 Å². The smallest absolute Gasteiger partial charge is 0.144 e. The van der Waals surface area contributed by atoms with Crippen molar-refractivity contribution < 1.29 is 9.47 Å². The summed E-state index contributed by atoms with van der Waals surface area (Å²) >= 11 is 3.43. The van der Waals surface area contributed by atoms with Gasteiger partial charge in [-0.2, -0.15) is 0 Å². The van der Waals surface area contributed by atoms with Crippen LogP contribution in [0.3, 0.4) is 0 Å². The molecule has 0 aliphatic heterocycles. The van der Waals surface area contributed by atoms with Crippen molar-refractivity contribution >= 4 is 33.0 Å². The van der Waals surface area contributed by atoms with Gasteiger partial charge >= 0.3 is 0 Å². The number of rotatable bonds is 5. The number of para-hydroxylation sites is 1. The van der Waals surface area contributed by atoms with Crippen LogP contribution in [0.4, 0.5) is 17.1 Å². The molecule has 0 saturated heterocycles. The third-order valence-corrected chi connectivity index (χ3v) is 3.51. The molecule has 2 rings (SSSR count). The summed E-state index contributed by atoms with van der Waals surface area (Å²) in [5.74, 6) is 1.44. The molecular weight excluding hydrogens is 332 g/mol. The van der Waals surface area contributed by atoms with E-state index in [9.17, 15) is 0 Å². The topological polar surface area (TPSA) is 56.5 Å². The van der Waals surface area contributed by atoms with Gasteiger partial charge in [-0.25, -0.2) is 0 Å². The molecule has 0 atom stereocenters. The highest BCUT2D eigenvalue weighted by atomic mass is 79.9. The fraction of sp³-hybridized carbons (Fsp3) is 0.250. The number of nitrogens with two attached hydrogens (primary N) is 1. The zero-order valence-corrected chi connectivity index (χ0v) is 13.9. The SMILES string of the molecule is COc1cc(Nc2cccc(OC(C)C)c2N)ccc1Br. The Balaban J connectivity index is 2.27. The van der Waals surface area contributed by atoms with Crippen LogP contribution in [-0.2, 0) is 0 Å². The lowest BCUT2D eigenvalue weighted by molar-refractivity contribution is 0.244. The van der Waals surface area contributed by atoms with Gasteiger partial charge in [0.1, 0.15) is 11.5 Å².